The fourth-order valence-corrected chi connectivity index (χ4v) is 3.78. The zero-order valence-corrected chi connectivity index (χ0v) is 16.6. The van der Waals surface area contributed by atoms with Crippen molar-refractivity contribution in [3.8, 4) is 0 Å². The van der Waals surface area contributed by atoms with E-state index in [1.165, 1.54) is 23.1 Å². The van der Waals surface area contributed by atoms with Gasteiger partial charge in [0.25, 0.3) is 0 Å². The van der Waals surface area contributed by atoms with E-state index < -0.39 is 6.16 Å². The third-order valence-corrected chi connectivity index (χ3v) is 5.16. The molecule has 0 spiro atoms. The van der Waals surface area contributed by atoms with Crippen LogP contribution in [0.4, 0.5) is 4.79 Å². The van der Waals surface area contributed by atoms with E-state index in [0.29, 0.717) is 0 Å². The standard InChI is InChI=1S/C24H32O3/c1-3-20-16-12-17-22(21(20)4-2)23(27-24(25)26)18-11-6-5-8-13-19-14-9-7-10-15-19/h7,9-10,12,14-17,23H,3-6,8,11,13,18H2,1-2H3,(H,25,26). The fraction of sp³-hybridized carbons (Fsp3) is 0.458. The lowest BCUT2D eigenvalue weighted by molar-refractivity contribution is 0.0460. The summed E-state index contributed by atoms with van der Waals surface area (Å²) in [5.41, 5.74) is 4.96. The molecule has 0 amide bonds. The van der Waals surface area contributed by atoms with Gasteiger partial charge in [-0.25, -0.2) is 4.79 Å². The molecule has 146 valence electrons. The Morgan fingerprint density at radius 1 is 0.926 bits per heavy atom. The Hall–Kier alpha value is -2.29. The normalized spacial score (nSPS) is 11.9. The van der Waals surface area contributed by atoms with Gasteiger partial charge < -0.3 is 9.84 Å². The van der Waals surface area contributed by atoms with Crippen LogP contribution in [0.15, 0.2) is 48.5 Å². The van der Waals surface area contributed by atoms with Crippen molar-refractivity contribution in [3.63, 3.8) is 0 Å². The van der Waals surface area contributed by atoms with Crippen LogP contribution in [0.2, 0.25) is 0 Å². The molecule has 0 fully saturated rings. The van der Waals surface area contributed by atoms with Crippen molar-refractivity contribution >= 4 is 6.16 Å². The number of ether oxygens (including phenoxy) is 1. The molecule has 2 aromatic carbocycles. The van der Waals surface area contributed by atoms with Crippen molar-refractivity contribution in [2.45, 2.75) is 71.3 Å². The first-order valence-corrected chi connectivity index (χ1v) is 10.2. The van der Waals surface area contributed by atoms with E-state index in [0.717, 1.165) is 50.5 Å². The first kappa shape index (κ1) is 21.0. The highest BCUT2D eigenvalue weighted by Crippen LogP contribution is 2.30. The molecule has 0 aliphatic heterocycles. The highest BCUT2D eigenvalue weighted by molar-refractivity contribution is 5.57. The summed E-state index contributed by atoms with van der Waals surface area (Å²) >= 11 is 0. The van der Waals surface area contributed by atoms with E-state index in [2.05, 4.69) is 44.2 Å². The van der Waals surface area contributed by atoms with Gasteiger partial charge in [0.15, 0.2) is 0 Å². The topological polar surface area (TPSA) is 46.5 Å². The number of hydrogen-bond donors (Lipinski definition) is 1. The van der Waals surface area contributed by atoms with E-state index >= 15 is 0 Å². The Kier molecular flexibility index (Phi) is 8.90. The van der Waals surface area contributed by atoms with Gasteiger partial charge in [-0.2, -0.15) is 0 Å². The van der Waals surface area contributed by atoms with Crippen molar-refractivity contribution < 1.29 is 14.6 Å². The maximum absolute atomic E-state index is 11.2. The Labute approximate surface area is 163 Å². The highest BCUT2D eigenvalue weighted by Gasteiger charge is 2.20. The Bertz CT molecular complexity index is 694. The van der Waals surface area contributed by atoms with Crippen molar-refractivity contribution in [2.75, 3.05) is 0 Å². The number of carboxylic acid groups (broad SMARTS) is 1. The van der Waals surface area contributed by atoms with Crippen LogP contribution in [-0.4, -0.2) is 11.3 Å². The second-order valence-corrected chi connectivity index (χ2v) is 7.00. The molecular formula is C24H32O3. The van der Waals surface area contributed by atoms with Crippen LogP contribution in [0.1, 0.15) is 74.3 Å². The van der Waals surface area contributed by atoms with Crippen molar-refractivity contribution in [1.82, 2.24) is 0 Å². The van der Waals surface area contributed by atoms with Crippen molar-refractivity contribution in [3.05, 3.63) is 70.8 Å². The van der Waals surface area contributed by atoms with E-state index in [1.54, 1.807) is 0 Å². The Morgan fingerprint density at radius 3 is 2.33 bits per heavy atom. The molecule has 0 aliphatic carbocycles. The van der Waals surface area contributed by atoms with Gasteiger partial charge in [0.05, 0.1) is 0 Å². The average Bonchev–Trinajstić information content (AvgIpc) is 2.69. The molecule has 2 rings (SSSR count). The molecule has 0 aliphatic rings. The zero-order chi connectivity index (χ0) is 19.5. The number of carbonyl (C=O) groups is 1. The maximum atomic E-state index is 11.2. The molecule has 0 aromatic heterocycles. The summed E-state index contributed by atoms with van der Waals surface area (Å²) in [6, 6.07) is 16.7. The SMILES string of the molecule is CCc1cccc(C(CCCCCCc2ccccc2)OC(=O)O)c1CC. The first-order valence-electron chi connectivity index (χ1n) is 10.2. The number of benzene rings is 2. The van der Waals surface area contributed by atoms with Gasteiger partial charge in [-0.1, -0.05) is 75.2 Å². The summed E-state index contributed by atoms with van der Waals surface area (Å²) in [7, 11) is 0. The maximum Gasteiger partial charge on any atom is 0.506 e. The number of rotatable bonds is 11. The molecule has 0 radical (unpaired) electrons. The van der Waals surface area contributed by atoms with Crippen molar-refractivity contribution in [1.29, 1.82) is 0 Å². The number of unbranched alkanes of at least 4 members (excludes halogenated alkanes) is 3. The molecule has 3 nitrogen and oxygen atoms in total. The molecule has 0 bridgehead atoms. The van der Waals surface area contributed by atoms with E-state index in [-0.39, 0.29) is 6.10 Å². The average molecular weight is 369 g/mol. The monoisotopic (exact) mass is 368 g/mol. The Balaban J connectivity index is 1.88. The lowest BCUT2D eigenvalue weighted by atomic mass is 9.91. The lowest BCUT2D eigenvalue weighted by Gasteiger charge is -2.21. The van der Waals surface area contributed by atoms with Crippen LogP contribution in [-0.2, 0) is 24.0 Å². The number of hydrogen-bond acceptors (Lipinski definition) is 2. The molecule has 3 heteroatoms. The van der Waals surface area contributed by atoms with Crippen LogP contribution in [0, 0.1) is 0 Å². The summed E-state index contributed by atoms with van der Waals surface area (Å²) in [4.78, 5) is 11.2. The summed E-state index contributed by atoms with van der Waals surface area (Å²) < 4.78 is 5.27. The highest BCUT2D eigenvalue weighted by atomic mass is 16.7. The summed E-state index contributed by atoms with van der Waals surface area (Å²) in [6.45, 7) is 4.26. The first-order chi connectivity index (χ1) is 13.2. The summed E-state index contributed by atoms with van der Waals surface area (Å²) in [6.07, 6.45) is 6.56. The zero-order valence-electron chi connectivity index (χ0n) is 16.6. The minimum Gasteiger partial charge on any atom is -0.450 e. The molecule has 27 heavy (non-hydrogen) atoms. The Morgan fingerprint density at radius 2 is 1.67 bits per heavy atom. The van der Waals surface area contributed by atoms with Crippen LogP contribution < -0.4 is 0 Å². The van der Waals surface area contributed by atoms with Gasteiger partial charge in [0.1, 0.15) is 6.10 Å². The second-order valence-electron chi connectivity index (χ2n) is 7.00. The molecule has 0 saturated heterocycles. The fourth-order valence-electron chi connectivity index (χ4n) is 3.78. The molecule has 1 N–H and O–H groups in total. The van der Waals surface area contributed by atoms with Gasteiger partial charge in [-0.3, -0.25) is 0 Å². The predicted octanol–water partition coefficient (Wildman–Crippen LogP) is 6.74. The van der Waals surface area contributed by atoms with Gasteiger partial charge in [-0.15, -0.1) is 0 Å². The molecular weight excluding hydrogens is 336 g/mol. The van der Waals surface area contributed by atoms with Crippen molar-refractivity contribution in [2.24, 2.45) is 0 Å². The number of aryl methyl sites for hydroxylation is 2. The minimum absolute atomic E-state index is 0.363. The largest absolute Gasteiger partial charge is 0.506 e. The van der Waals surface area contributed by atoms with E-state index in [1.807, 2.05) is 18.2 Å². The smallest absolute Gasteiger partial charge is 0.450 e. The van der Waals surface area contributed by atoms with Crippen LogP contribution in [0.25, 0.3) is 0 Å². The lowest BCUT2D eigenvalue weighted by Crippen LogP contribution is -2.12. The van der Waals surface area contributed by atoms with Crippen LogP contribution >= 0.6 is 0 Å². The quantitative estimate of drug-likeness (QED) is 0.353. The third kappa shape index (κ3) is 6.74. The second kappa shape index (κ2) is 11.4. The minimum atomic E-state index is -1.19. The third-order valence-electron chi connectivity index (χ3n) is 5.16. The van der Waals surface area contributed by atoms with Gasteiger partial charge in [0.2, 0.25) is 0 Å². The molecule has 2 aromatic rings. The predicted molar refractivity (Wildman–Crippen MR) is 110 cm³/mol. The molecule has 0 saturated carbocycles. The summed E-state index contributed by atoms with van der Waals surface area (Å²) in [5, 5.41) is 9.18. The van der Waals surface area contributed by atoms with E-state index in [4.69, 9.17) is 4.74 Å². The van der Waals surface area contributed by atoms with E-state index in [9.17, 15) is 9.90 Å². The van der Waals surface area contributed by atoms with Crippen LogP contribution in [0.5, 0.6) is 0 Å². The summed E-state index contributed by atoms with van der Waals surface area (Å²) in [5.74, 6) is 0. The van der Waals surface area contributed by atoms with Gasteiger partial charge in [0, 0.05) is 0 Å². The molecule has 0 heterocycles. The molecule has 1 atom stereocenters. The van der Waals surface area contributed by atoms with Gasteiger partial charge >= 0.3 is 6.16 Å². The molecule has 1 unspecified atom stereocenters. The van der Waals surface area contributed by atoms with Crippen LogP contribution in [0.3, 0.4) is 0 Å². The van der Waals surface area contributed by atoms with Gasteiger partial charge in [-0.05, 0) is 60.8 Å².